The van der Waals surface area contributed by atoms with Crippen LogP contribution in [0.5, 0.6) is 0 Å². The lowest BCUT2D eigenvalue weighted by molar-refractivity contribution is -0.140. The molecule has 6 heteroatoms. The Bertz CT molecular complexity index is 284. The molecule has 0 amide bonds. The van der Waals surface area contributed by atoms with E-state index in [-0.39, 0.29) is 11.9 Å². The summed E-state index contributed by atoms with van der Waals surface area (Å²) in [5.41, 5.74) is 5.30. The van der Waals surface area contributed by atoms with Crippen LogP contribution in [0.15, 0.2) is 6.33 Å². The number of methoxy groups -OCH3 is 1. The van der Waals surface area contributed by atoms with Gasteiger partial charge in [-0.2, -0.15) is 0 Å². The Balaban J connectivity index is 2.24. The zero-order valence-corrected chi connectivity index (χ0v) is 7.43. The highest BCUT2D eigenvalue weighted by atomic mass is 16.5. The molecule has 13 heavy (non-hydrogen) atoms. The quantitative estimate of drug-likeness (QED) is 0.656. The molecule has 2 N–H and O–H groups in total. The third-order valence-electron chi connectivity index (χ3n) is 1.55. The van der Waals surface area contributed by atoms with Gasteiger partial charge in [-0.05, 0) is 6.42 Å². The summed E-state index contributed by atoms with van der Waals surface area (Å²) in [5.74, 6) is 0.0335. The molecule has 0 radical (unpaired) electrons. The number of anilines is 1. The molecule has 0 bridgehead atoms. The van der Waals surface area contributed by atoms with E-state index in [1.165, 1.54) is 13.4 Å². The van der Waals surface area contributed by atoms with Gasteiger partial charge < -0.3 is 10.5 Å². The number of hydrogen-bond acceptors (Lipinski definition) is 5. The molecular formula is C7H12N4O2. The van der Waals surface area contributed by atoms with Crippen molar-refractivity contribution in [3.63, 3.8) is 0 Å². The van der Waals surface area contributed by atoms with Gasteiger partial charge in [0.25, 0.3) is 0 Å². The van der Waals surface area contributed by atoms with Crippen LogP contribution in [0, 0.1) is 0 Å². The number of rotatable bonds is 4. The molecule has 1 aromatic rings. The summed E-state index contributed by atoms with van der Waals surface area (Å²) in [6, 6.07) is 0. The van der Waals surface area contributed by atoms with Crippen molar-refractivity contribution >= 4 is 11.9 Å². The van der Waals surface area contributed by atoms with Crippen LogP contribution in [-0.2, 0) is 16.1 Å². The fourth-order valence-electron chi connectivity index (χ4n) is 0.904. The maximum atomic E-state index is 10.7. The smallest absolute Gasteiger partial charge is 0.305 e. The van der Waals surface area contributed by atoms with Crippen molar-refractivity contribution < 1.29 is 9.53 Å². The van der Waals surface area contributed by atoms with E-state index in [1.54, 1.807) is 4.68 Å². The molecule has 0 saturated heterocycles. The molecule has 0 saturated carbocycles. The third-order valence-corrected chi connectivity index (χ3v) is 1.55. The first-order valence-corrected chi connectivity index (χ1v) is 3.94. The zero-order valence-electron chi connectivity index (χ0n) is 7.43. The minimum Gasteiger partial charge on any atom is -0.469 e. The Kier molecular flexibility index (Phi) is 3.24. The standard InChI is InChI=1S/C7H12N4O2/c1-13-6(12)3-2-4-11-5-9-7(8)10-11/h5H,2-4H2,1H3,(H2,8,10). The van der Waals surface area contributed by atoms with Crippen LogP contribution in [0.2, 0.25) is 0 Å². The maximum Gasteiger partial charge on any atom is 0.305 e. The van der Waals surface area contributed by atoms with Crippen molar-refractivity contribution in [2.24, 2.45) is 0 Å². The van der Waals surface area contributed by atoms with Crippen molar-refractivity contribution in [3.05, 3.63) is 6.33 Å². The van der Waals surface area contributed by atoms with Crippen LogP contribution in [0.3, 0.4) is 0 Å². The van der Waals surface area contributed by atoms with Gasteiger partial charge in [-0.15, -0.1) is 5.10 Å². The van der Waals surface area contributed by atoms with E-state index in [9.17, 15) is 4.79 Å². The van der Waals surface area contributed by atoms with Gasteiger partial charge in [0.1, 0.15) is 6.33 Å². The second kappa shape index (κ2) is 4.44. The highest BCUT2D eigenvalue weighted by Gasteiger charge is 2.00. The Morgan fingerprint density at radius 3 is 3.08 bits per heavy atom. The van der Waals surface area contributed by atoms with E-state index in [2.05, 4.69) is 14.8 Å². The topological polar surface area (TPSA) is 83.0 Å². The lowest BCUT2D eigenvalue weighted by Crippen LogP contribution is -2.04. The number of hydrogen-bond donors (Lipinski definition) is 1. The number of nitrogen functional groups attached to an aromatic ring is 1. The molecule has 0 unspecified atom stereocenters. The van der Waals surface area contributed by atoms with Crippen molar-refractivity contribution in [3.8, 4) is 0 Å². The first-order chi connectivity index (χ1) is 6.22. The van der Waals surface area contributed by atoms with Gasteiger partial charge in [-0.3, -0.25) is 9.48 Å². The highest BCUT2D eigenvalue weighted by Crippen LogP contribution is 1.96. The summed E-state index contributed by atoms with van der Waals surface area (Å²) < 4.78 is 6.08. The number of nitrogens with zero attached hydrogens (tertiary/aromatic N) is 3. The van der Waals surface area contributed by atoms with Crippen molar-refractivity contribution in [2.45, 2.75) is 19.4 Å². The molecule has 0 aliphatic heterocycles. The molecule has 0 spiro atoms. The Labute approximate surface area is 75.7 Å². The molecule has 0 aliphatic carbocycles. The molecular weight excluding hydrogens is 172 g/mol. The van der Waals surface area contributed by atoms with Crippen LogP contribution in [0.4, 0.5) is 5.95 Å². The number of carbonyl (C=O) groups is 1. The average molecular weight is 184 g/mol. The molecule has 1 rings (SSSR count). The summed E-state index contributed by atoms with van der Waals surface area (Å²) in [4.78, 5) is 14.5. The molecule has 0 fully saturated rings. The average Bonchev–Trinajstić information content (AvgIpc) is 2.51. The van der Waals surface area contributed by atoms with E-state index >= 15 is 0 Å². The van der Waals surface area contributed by atoms with E-state index < -0.39 is 0 Å². The normalized spacial score (nSPS) is 9.92. The summed E-state index contributed by atoms with van der Waals surface area (Å²) in [6.07, 6.45) is 2.60. The molecule has 6 nitrogen and oxygen atoms in total. The Morgan fingerprint density at radius 1 is 1.77 bits per heavy atom. The highest BCUT2D eigenvalue weighted by molar-refractivity contribution is 5.68. The van der Waals surface area contributed by atoms with Gasteiger partial charge >= 0.3 is 5.97 Å². The van der Waals surface area contributed by atoms with Gasteiger partial charge in [0.2, 0.25) is 5.95 Å². The third kappa shape index (κ3) is 3.10. The molecule has 1 heterocycles. The molecule has 0 aromatic carbocycles. The summed E-state index contributed by atoms with van der Waals surface area (Å²) >= 11 is 0. The lowest BCUT2D eigenvalue weighted by Gasteiger charge is -1.99. The first-order valence-electron chi connectivity index (χ1n) is 3.94. The van der Waals surface area contributed by atoms with Crippen LogP contribution in [0.25, 0.3) is 0 Å². The van der Waals surface area contributed by atoms with E-state index in [1.807, 2.05) is 0 Å². The van der Waals surface area contributed by atoms with E-state index in [0.29, 0.717) is 19.4 Å². The van der Waals surface area contributed by atoms with Gasteiger partial charge in [0, 0.05) is 13.0 Å². The lowest BCUT2D eigenvalue weighted by atomic mass is 10.3. The fraction of sp³-hybridized carbons (Fsp3) is 0.571. The SMILES string of the molecule is COC(=O)CCCn1cnc(N)n1. The second-order valence-electron chi connectivity index (χ2n) is 2.55. The van der Waals surface area contributed by atoms with Crippen molar-refractivity contribution in [1.82, 2.24) is 14.8 Å². The second-order valence-corrected chi connectivity index (χ2v) is 2.55. The minimum atomic E-state index is -0.215. The predicted octanol–water partition coefficient (Wildman–Crippen LogP) is -0.186. The number of ether oxygens (including phenoxy) is 1. The fourth-order valence-corrected chi connectivity index (χ4v) is 0.904. The van der Waals surface area contributed by atoms with Crippen molar-refractivity contribution in [1.29, 1.82) is 0 Å². The molecule has 0 aliphatic rings. The number of carbonyl (C=O) groups excluding carboxylic acids is 1. The van der Waals surface area contributed by atoms with Crippen LogP contribution in [0.1, 0.15) is 12.8 Å². The van der Waals surface area contributed by atoms with Crippen LogP contribution in [-0.4, -0.2) is 27.8 Å². The van der Waals surface area contributed by atoms with Crippen LogP contribution >= 0.6 is 0 Å². The van der Waals surface area contributed by atoms with E-state index in [4.69, 9.17) is 5.73 Å². The summed E-state index contributed by atoms with van der Waals surface area (Å²) in [7, 11) is 1.37. The number of nitrogens with two attached hydrogens (primary N) is 1. The van der Waals surface area contributed by atoms with Gasteiger partial charge in [-0.25, -0.2) is 4.98 Å². The first kappa shape index (κ1) is 9.50. The Morgan fingerprint density at radius 2 is 2.54 bits per heavy atom. The number of aryl methyl sites for hydroxylation is 1. The number of aromatic nitrogens is 3. The van der Waals surface area contributed by atoms with Crippen molar-refractivity contribution in [2.75, 3.05) is 12.8 Å². The summed E-state index contributed by atoms with van der Waals surface area (Å²) in [6.45, 7) is 0.624. The summed E-state index contributed by atoms with van der Waals surface area (Å²) in [5, 5.41) is 3.86. The minimum absolute atomic E-state index is 0.215. The van der Waals surface area contributed by atoms with Crippen LogP contribution < -0.4 is 5.73 Å². The molecule has 72 valence electrons. The van der Waals surface area contributed by atoms with Gasteiger partial charge in [0.05, 0.1) is 7.11 Å². The monoisotopic (exact) mass is 184 g/mol. The predicted molar refractivity (Wildman–Crippen MR) is 45.7 cm³/mol. The molecule has 0 atom stereocenters. The van der Waals surface area contributed by atoms with Gasteiger partial charge in [-0.1, -0.05) is 0 Å². The largest absolute Gasteiger partial charge is 0.469 e. The maximum absolute atomic E-state index is 10.7. The molecule has 1 aromatic heterocycles. The van der Waals surface area contributed by atoms with E-state index in [0.717, 1.165) is 0 Å². The number of esters is 1. The van der Waals surface area contributed by atoms with Gasteiger partial charge in [0.15, 0.2) is 0 Å². The zero-order chi connectivity index (χ0) is 9.68. The Hall–Kier alpha value is -1.59.